The molecule has 1 saturated heterocycles. The maximum Gasteiger partial charge on any atom is 0.331 e. The number of benzene rings is 1. The molecule has 0 spiro atoms. The average Bonchev–Trinajstić information content (AvgIpc) is 2.68. The minimum atomic E-state index is -1.58. The van der Waals surface area contributed by atoms with Crippen LogP contribution in [0.3, 0.4) is 0 Å². The van der Waals surface area contributed by atoms with E-state index < -0.39 is 42.6 Å². The second kappa shape index (κ2) is 10.4. The Morgan fingerprint density at radius 2 is 1.93 bits per heavy atom. The van der Waals surface area contributed by atoms with Crippen LogP contribution in [0.4, 0.5) is 0 Å². The Kier molecular flexibility index (Phi) is 8.18. The highest BCUT2D eigenvalue weighted by atomic mass is 16.7. The molecule has 1 fully saturated rings. The van der Waals surface area contributed by atoms with Crippen LogP contribution in [0.5, 0.6) is 11.5 Å². The summed E-state index contributed by atoms with van der Waals surface area (Å²) in [6, 6.07) is 3.06. The summed E-state index contributed by atoms with van der Waals surface area (Å²) in [5.74, 6) is -1.38. The highest BCUT2D eigenvalue weighted by Crippen LogP contribution is 2.30. The highest BCUT2D eigenvalue weighted by Gasteiger charge is 2.47. The number of aliphatic hydroxyl groups is 2. The number of carbonyl (C=O) groups is 2. The predicted octanol–water partition coefficient (Wildman–Crippen LogP) is 0.0749. The normalized spacial score (nSPS) is 26.4. The molecule has 166 valence electrons. The number of esters is 2. The van der Waals surface area contributed by atoms with Crippen LogP contribution >= 0.6 is 0 Å². The van der Waals surface area contributed by atoms with Crippen molar-refractivity contribution in [1.82, 2.24) is 5.32 Å². The summed E-state index contributed by atoms with van der Waals surface area (Å²) in [6.45, 7) is 3.05. The lowest BCUT2D eigenvalue weighted by Crippen LogP contribution is -2.59. The van der Waals surface area contributed by atoms with Crippen LogP contribution < -0.4 is 10.1 Å². The van der Waals surface area contributed by atoms with E-state index in [2.05, 4.69) is 5.32 Å². The van der Waals surface area contributed by atoms with Crippen molar-refractivity contribution >= 4 is 18.0 Å². The Hall–Kier alpha value is -2.66. The van der Waals surface area contributed by atoms with E-state index in [1.54, 1.807) is 13.1 Å². The molecule has 1 aromatic carbocycles. The molecule has 5 unspecified atom stereocenters. The van der Waals surface area contributed by atoms with Crippen molar-refractivity contribution in [1.29, 1.82) is 0 Å². The summed E-state index contributed by atoms with van der Waals surface area (Å²) in [5, 5.41) is 33.2. The van der Waals surface area contributed by atoms with Crippen LogP contribution in [0.1, 0.15) is 25.0 Å². The minimum Gasteiger partial charge on any atom is -0.504 e. The van der Waals surface area contributed by atoms with Crippen molar-refractivity contribution in [3.63, 3.8) is 0 Å². The fraction of sp³-hybridized carbons (Fsp3) is 0.500. The Labute approximate surface area is 174 Å². The van der Waals surface area contributed by atoms with E-state index in [0.29, 0.717) is 17.7 Å². The number of ether oxygens (including phenoxy) is 4. The smallest absolute Gasteiger partial charge is 0.331 e. The second-order valence-corrected chi connectivity index (χ2v) is 6.78. The van der Waals surface area contributed by atoms with Gasteiger partial charge in [0.15, 0.2) is 30.0 Å². The largest absolute Gasteiger partial charge is 0.504 e. The molecule has 0 amide bonds. The molecule has 0 saturated carbocycles. The monoisotopic (exact) mass is 425 g/mol. The number of nitrogens with one attached hydrogen (secondary N) is 1. The Bertz CT molecular complexity index is 795. The molecule has 1 heterocycles. The number of phenols is 1. The van der Waals surface area contributed by atoms with Crippen molar-refractivity contribution in [2.24, 2.45) is 0 Å². The first-order valence-corrected chi connectivity index (χ1v) is 9.29. The molecule has 10 heteroatoms. The molecule has 0 bridgehead atoms. The Morgan fingerprint density at radius 3 is 2.53 bits per heavy atom. The maximum absolute atomic E-state index is 12.3. The average molecular weight is 425 g/mol. The second-order valence-electron chi connectivity index (χ2n) is 6.78. The zero-order valence-electron chi connectivity index (χ0n) is 17.2. The lowest BCUT2D eigenvalue weighted by molar-refractivity contribution is -0.284. The van der Waals surface area contributed by atoms with Gasteiger partial charge < -0.3 is 39.6 Å². The maximum atomic E-state index is 12.3. The van der Waals surface area contributed by atoms with Gasteiger partial charge in [0.1, 0.15) is 6.10 Å². The van der Waals surface area contributed by atoms with Gasteiger partial charge in [-0.3, -0.25) is 4.79 Å². The van der Waals surface area contributed by atoms with Gasteiger partial charge in [-0.1, -0.05) is 0 Å². The van der Waals surface area contributed by atoms with E-state index >= 15 is 0 Å². The molecule has 1 aliphatic rings. The van der Waals surface area contributed by atoms with Gasteiger partial charge in [-0.2, -0.15) is 0 Å². The SMILES string of the molecule is CNCc1cc(O)c(OC)cc1C=CC(=O)OC1C(O)OC(C)C(O)C1OC(C)=O. The number of hydrogen-bond acceptors (Lipinski definition) is 10. The number of carbonyl (C=O) groups excluding carboxylic acids is 2. The molecule has 5 atom stereocenters. The molecule has 0 aliphatic carbocycles. The van der Waals surface area contributed by atoms with E-state index in [0.717, 1.165) is 13.0 Å². The molecule has 0 aromatic heterocycles. The van der Waals surface area contributed by atoms with Gasteiger partial charge in [-0.05, 0) is 43.3 Å². The summed E-state index contributed by atoms with van der Waals surface area (Å²) in [6.07, 6.45) is -3.85. The number of methoxy groups -OCH3 is 1. The molecule has 1 aromatic rings. The van der Waals surface area contributed by atoms with Gasteiger partial charge in [0, 0.05) is 19.5 Å². The summed E-state index contributed by atoms with van der Waals surface area (Å²) in [7, 11) is 3.13. The fourth-order valence-electron chi connectivity index (χ4n) is 3.08. The lowest BCUT2D eigenvalue weighted by Gasteiger charge is -2.40. The van der Waals surface area contributed by atoms with E-state index in [1.165, 1.54) is 26.2 Å². The first-order valence-electron chi connectivity index (χ1n) is 9.29. The summed E-state index contributed by atoms with van der Waals surface area (Å²) in [5.41, 5.74) is 1.28. The zero-order chi connectivity index (χ0) is 22.4. The predicted molar refractivity (Wildman–Crippen MR) is 104 cm³/mol. The van der Waals surface area contributed by atoms with E-state index in [4.69, 9.17) is 18.9 Å². The standard InChI is InChI=1S/C20H27NO9/c1-10-17(25)18(29-11(2)22)19(20(26)28-10)30-16(24)6-5-12-8-15(27-4)14(23)7-13(12)9-21-3/h5-8,10,17-21,23,25-26H,9H2,1-4H3. The summed E-state index contributed by atoms with van der Waals surface area (Å²) < 4.78 is 20.5. The van der Waals surface area contributed by atoms with Crippen molar-refractivity contribution in [3.05, 3.63) is 29.3 Å². The fourth-order valence-corrected chi connectivity index (χ4v) is 3.08. The molecule has 10 nitrogen and oxygen atoms in total. The molecular formula is C20H27NO9. The molecule has 4 N–H and O–H groups in total. The lowest BCUT2D eigenvalue weighted by atomic mass is 9.99. The van der Waals surface area contributed by atoms with Crippen LogP contribution in [0.15, 0.2) is 18.2 Å². The molecule has 1 aliphatic heterocycles. The minimum absolute atomic E-state index is 0.0442. The van der Waals surface area contributed by atoms with Gasteiger partial charge in [0.2, 0.25) is 0 Å². The van der Waals surface area contributed by atoms with E-state index in [1.807, 2.05) is 0 Å². The number of aromatic hydroxyl groups is 1. The first-order chi connectivity index (χ1) is 14.2. The van der Waals surface area contributed by atoms with E-state index in [-0.39, 0.29) is 11.5 Å². The third-order valence-electron chi connectivity index (χ3n) is 4.54. The van der Waals surface area contributed by atoms with Crippen LogP contribution in [0.25, 0.3) is 6.08 Å². The molecule has 0 radical (unpaired) electrons. The first kappa shape index (κ1) is 23.6. The Balaban J connectivity index is 2.20. The third-order valence-corrected chi connectivity index (χ3v) is 4.54. The topological polar surface area (TPSA) is 144 Å². The van der Waals surface area contributed by atoms with Gasteiger partial charge in [-0.25, -0.2) is 4.79 Å². The molecular weight excluding hydrogens is 398 g/mol. The van der Waals surface area contributed by atoms with E-state index in [9.17, 15) is 24.9 Å². The van der Waals surface area contributed by atoms with Gasteiger partial charge in [0.25, 0.3) is 0 Å². The third kappa shape index (κ3) is 5.70. The molecule has 2 rings (SSSR count). The Morgan fingerprint density at radius 1 is 1.23 bits per heavy atom. The van der Waals surface area contributed by atoms with Crippen LogP contribution in [-0.4, -0.2) is 72.1 Å². The summed E-state index contributed by atoms with van der Waals surface area (Å²) >= 11 is 0. The van der Waals surface area contributed by atoms with Crippen LogP contribution in [0.2, 0.25) is 0 Å². The molecule has 30 heavy (non-hydrogen) atoms. The number of rotatable bonds is 7. The van der Waals surface area contributed by atoms with Gasteiger partial charge in [-0.15, -0.1) is 0 Å². The highest BCUT2D eigenvalue weighted by molar-refractivity contribution is 5.87. The van der Waals surface area contributed by atoms with Gasteiger partial charge >= 0.3 is 11.9 Å². The summed E-state index contributed by atoms with van der Waals surface area (Å²) in [4.78, 5) is 23.7. The van der Waals surface area contributed by atoms with Crippen molar-refractivity contribution in [2.75, 3.05) is 14.2 Å². The number of aliphatic hydroxyl groups excluding tert-OH is 2. The van der Waals surface area contributed by atoms with Gasteiger partial charge in [0.05, 0.1) is 13.2 Å². The van der Waals surface area contributed by atoms with Crippen LogP contribution in [-0.2, 0) is 30.3 Å². The number of hydrogen-bond donors (Lipinski definition) is 4. The van der Waals surface area contributed by atoms with Crippen LogP contribution in [0, 0.1) is 0 Å². The zero-order valence-corrected chi connectivity index (χ0v) is 17.2. The quantitative estimate of drug-likeness (QED) is 0.350. The van der Waals surface area contributed by atoms with Crippen molar-refractivity contribution in [2.45, 2.75) is 51.1 Å². The van der Waals surface area contributed by atoms with Crippen molar-refractivity contribution < 1.29 is 43.9 Å². The number of phenolic OH excluding ortho intramolecular Hbond substituents is 1. The van der Waals surface area contributed by atoms with Crippen molar-refractivity contribution in [3.8, 4) is 11.5 Å².